The van der Waals surface area contributed by atoms with Crippen LogP contribution in [0.4, 0.5) is 0 Å². The molecule has 9 aromatic carbocycles. The fourth-order valence-electron chi connectivity index (χ4n) is 12.1. The van der Waals surface area contributed by atoms with Gasteiger partial charge in [-0.15, -0.1) is 44.2 Å². The zero-order valence-corrected chi connectivity index (χ0v) is 63.1. The van der Waals surface area contributed by atoms with Crippen molar-refractivity contribution in [1.82, 2.24) is 64.9 Å². The second-order valence-electron chi connectivity index (χ2n) is 25.0. The van der Waals surface area contributed by atoms with E-state index in [0.717, 1.165) is 72.5 Å². The number of primary amides is 1. The van der Waals surface area contributed by atoms with Crippen LogP contribution in [0.5, 0.6) is 0 Å². The maximum atomic E-state index is 13.8. The topological polar surface area (TPSA) is 454 Å². The van der Waals surface area contributed by atoms with Crippen molar-refractivity contribution in [3.63, 3.8) is 0 Å². The van der Waals surface area contributed by atoms with Crippen LogP contribution >= 0.6 is 34.0 Å². The van der Waals surface area contributed by atoms with Crippen molar-refractivity contribution in [2.24, 2.45) is 21.2 Å². The Kier molecular flexibility index (Phi) is 21.6. The van der Waals surface area contributed by atoms with Crippen LogP contribution in [0.2, 0.25) is 0 Å². The minimum absolute atomic E-state index is 0.000309. The van der Waals surface area contributed by atoms with Gasteiger partial charge in [-0.3, -0.25) is 34.5 Å². The van der Waals surface area contributed by atoms with Crippen LogP contribution in [0.25, 0.3) is 94.1 Å². The Hall–Kier alpha value is -13.3. The van der Waals surface area contributed by atoms with Gasteiger partial charge in [-0.25, -0.2) is 55.6 Å². The van der Waals surface area contributed by atoms with Crippen molar-refractivity contribution >= 4 is 70.0 Å². The zero-order valence-electron chi connectivity index (χ0n) is 58.2. The van der Waals surface area contributed by atoms with E-state index in [0.29, 0.717) is 61.1 Å². The highest BCUT2D eigenvalue weighted by molar-refractivity contribution is 7.89. The van der Waals surface area contributed by atoms with E-state index in [9.17, 15) is 44.4 Å². The molecule has 0 saturated heterocycles. The third-order valence-corrected chi connectivity index (χ3v) is 22.9. The first-order chi connectivity index (χ1) is 53.9. The lowest BCUT2D eigenvalue weighted by Gasteiger charge is -2.07. The van der Waals surface area contributed by atoms with Gasteiger partial charge in [0.2, 0.25) is 51.3 Å². The van der Waals surface area contributed by atoms with E-state index in [1.165, 1.54) is 78.5 Å². The number of hydrogen-bond donors (Lipinski definition) is 8. The van der Waals surface area contributed by atoms with Gasteiger partial charge in [0.15, 0.2) is 5.69 Å². The number of aromatic nitrogens is 13. The molecule has 0 atom stereocenters. The Labute approximate surface area is 649 Å². The number of sulfonamides is 3. The number of benzene rings is 9. The zero-order chi connectivity index (χ0) is 78.4. The van der Waals surface area contributed by atoms with Crippen LogP contribution in [0, 0.1) is 11.3 Å². The number of amides is 1. The van der Waals surface area contributed by atoms with E-state index in [4.69, 9.17) is 26.4 Å². The van der Waals surface area contributed by atoms with Gasteiger partial charge < -0.3 is 5.73 Å². The van der Waals surface area contributed by atoms with Crippen LogP contribution in [-0.2, 0) is 49.3 Å². The molecule has 558 valence electrons. The molecule has 0 bridgehead atoms. The van der Waals surface area contributed by atoms with E-state index in [2.05, 4.69) is 50.9 Å². The second kappa shape index (κ2) is 32.1. The third kappa shape index (κ3) is 16.9. The van der Waals surface area contributed by atoms with Gasteiger partial charge in [-0.05, 0) is 110 Å². The van der Waals surface area contributed by atoms with Crippen LogP contribution in [-0.4, -0.2) is 96.1 Å². The average molecular weight is 1600 g/mol. The molecule has 0 fully saturated rings. The molecule has 0 unspecified atom stereocenters. The quantitative estimate of drug-likeness (QED) is 0.0351. The number of H-pyrrole nitrogens is 4. The molecule has 1 amide bonds. The summed E-state index contributed by atoms with van der Waals surface area (Å²) in [7, 11) is -11.5. The molecule has 0 aliphatic carbocycles. The number of nitriles is 1. The summed E-state index contributed by atoms with van der Waals surface area (Å²) < 4.78 is 73.9. The number of tetrazole rings is 1. The number of nitrogens with one attached hydrogen (secondary N) is 4. The standard InChI is InChI=1S/C26H20N8O3S2.C26H21N5O4S2.C26H19N5O3S2/c27-39(36,37)20-11-9-16(10-12-20)13-21-23(19-8-4-7-18(14-19)17-5-2-1-3-6-17)31-34(25(21)35)26-28-22(15-38-26)24-29-32-33-30-24;27-24(32)22-15-36-26(29-22)31-25(33)21(13-16-9-11-20(12-10-16)37(28,34)35)23(30-31)19-8-4-7-18(14-19)17-5-2-1-3-6-17;27-15-21-16-35-26(29-21)31-25(32)23(13-17-9-11-22(12-10-17)36(28,33)34)24(30-31)20-8-4-7-19(14-20)18-5-2-1-3-6-18/h1-12,14-15,31H,13H2,(H2,27,36,37)(H,29,30,32,33);1-12,14-15,30H,13H2,(H2,27,32)(H2,28,34,35);1-12,14,16,30H,13H2,(H2,28,33,34). The number of primary sulfonamides is 3. The SMILES string of the molecule is N#Cc1csc(-n2[nH]c(-c3cccc(-c4ccccc4)c3)c(Cc3ccc(S(N)(=O)=O)cc3)c2=O)n1.NC(=O)c1csc(-n2[nH]c(-c3cccc(-c4ccccc4)c3)c(Cc3ccc(S(N)(=O)=O)cc3)c2=O)n1.NS(=O)(=O)c1ccc(Cc2c(-c3cccc(-c4ccccc4)c3)[nH]n(-c3nc(-c4nn[nH]n4)cs3)c2=O)cc1. The summed E-state index contributed by atoms with van der Waals surface area (Å²) in [5.74, 6) is -0.365. The van der Waals surface area contributed by atoms with Crippen molar-refractivity contribution in [3.8, 4) is 100 Å². The molecule has 12 N–H and O–H groups in total. The molecule has 112 heavy (non-hydrogen) atoms. The van der Waals surface area contributed by atoms with Crippen LogP contribution in [0.1, 0.15) is 49.6 Å². The molecule has 0 aliphatic heterocycles. The Morgan fingerprint density at radius 2 is 0.741 bits per heavy atom. The maximum Gasteiger partial charge on any atom is 0.277 e. The molecule has 7 heterocycles. The third-order valence-electron chi connectivity index (χ3n) is 17.6. The van der Waals surface area contributed by atoms with Crippen molar-refractivity contribution in [3.05, 3.63) is 329 Å². The predicted octanol–water partition coefficient (Wildman–Crippen LogP) is 10.7. The van der Waals surface area contributed by atoms with Crippen molar-refractivity contribution < 1.29 is 30.0 Å². The highest BCUT2D eigenvalue weighted by Gasteiger charge is 2.25. The number of nitrogens with zero attached hydrogens (tertiary/aromatic N) is 10. The molecule has 0 aliphatic rings. The molecule has 16 aromatic rings. The summed E-state index contributed by atoms with van der Waals surface area (Å²) in [5, 5.41) is 54.1. The number of nitrogens with two attached hydrogens (primary N) is 4. The molecule has 28 nitrogen and oxygen atoms in total. The molecule has 16 rings (SSSR count). The first-order valence-corrected chi connectivity index (χ1v) is 40.8. The normalized spacial score (nSPS) is 11.5. The first-order valence-electron chi connectivity index (χ1n) is 33.6. The van der Waals surface area contributed by atoms with Crippen molar-refractivity contribution in [1.29, 1.82) is 5.26 Å². The number of carbonyl (C=O) groups is 1. The average Bonchev–Trinajstić information content (AvgIpc) is 1.63. The van der Waals surface area contributed by atoms with Gasteiger partial charge in [-0.2, -0.15) is 24.5 Å². The molecule has 0 radical (unpaired) electrons. The fourth-order valence-corrected chi connectivity index (χ4v) is 15.9. The second-order valence-corrected chi connectivity index (χ2v) is 32.2. The number of thiazole rings is 3. The van der Waals surface area contributed by atoms with Crippen molar-refractivity contribution in [2.75, 3.05) is 0 Å². The van der Waals surface area contributed by atoms with Gasteiger partial charge >= 0.3 is 0 Å². The van der Waals surface area contributed by atoms with Gasteiger partial charge in [0.05, 0.1) is 31.8 Å². The smallest absolute Gasteiger partial charge is 0.277 e. The summed E-state index contributed by atoms with van der Waals surface area (Å²) in [6.07, 6.45) is 0.710. The molecule has 0 saturated carbocycles. The lowest BCUT2D eigenvalue weighted by Crippen LogP contribution is -2.18. The summed E-state index contributed by atoms with van der Waals surface area (Å²) in [6, 6.07) is 73.6. The van der Waals surface area contributed by atoms with Gasteiger partial charge in [0.1, 0.15) is 17.5 Å². The Morgan fingerprint density at radius 3 is 1.06 bits per heavy atom. The number of rotatable bonds is 20. The van der Waals surface area contributed by atoms with Crippen LogP contribution < -0.4 is 37.8 Å². The van der Waals surface area contributed by atoms with Crippen LogP contribution in [0.15, 0.2) is 282 Å². The van der Waals surface area contributed by atoms with Crippen LogP contribution in [0.3, 0.4) is 0 Å². The Morgan fingerprint density at radius 1 is 0.411 bits per heavy atom. The highest BCUT2D eigenvalue weighted by atomic mass is 32.2. The molecule has 0 spiro atoms. The Bertz CT molecular complexity index is 6750. The summed E-state index contributed by atoms with van der Waals surface area (Å²) >= 11 is 3.56. The number of aromatic amines is 4. The van der Waals surface area contributed by atoms with Crippen molar-refractivity contribution in [2.45, 2.75) is 33.9 Å². The maximum absolute atomic E-state index is 13.8. The monoisotopic (exact) mass is 1600 g/mol. The van der Waals surface area contributed by atoms with E-state index in [-0.39, 0.29) is 67.1 Å². The van der Waals surface area contributed by atoms with Gasteiger partial charge in [0.25, 0.3) is 22.6 Å². The molecule has 7 aromatic heterocycles. The van der Waals surface area contributed by atoms with E-state index < -0.39 is 36.0 Å². The Balaban J connectivity index is 0.000000140. The first kappa shape index (κ1) is 75.5. The summed E-state index contributed by atoms with van der Waals surface area (Å²) in [4.78, 5) is 65.4. The minimum atomic E-state index is -3.84. The predicted molar refractivity (Wildman–Crippen MR) is 427 cm³/mol. The molecular formula is C78H60N18O10S6. The number of hydrogen-bond acceptors (Lipinski definition) is 20. The summed E-state index contributed by atoms with van der Waals surface area (Å²) in [6.45, 7) is 0. The van der Waals surface area contributed by atoms with E-state index in [1.807, 2.05) is 170 Å². The lowest BCUT2D eigenvalue weighted by atomic mass is 9.98. The largest absolute Gasteiger partial charge is 0.364 e. The lowest BCUT2D eigenvalue weighted by molar-refractivity contribution is 0.0996. The number of carbonyl (C=O) groups excluding carboxylic acids is 1. The fraction of sp³-hybridized carbons (Fsp3) is 0.0385. The van der Waals surface area contributed by atoms with Gasteiger partial charge in [-0.1, -0.05) is 182 Å². The minimum Gasteiger partial charge on any atom is -0.364 e. The molecular weight excluding hydrogens is 1540 g/mol. The summed E-state index contributed by atoms with van der Waals surface area (Å²) in [5.41, 5.74) is 19.1. The highest BCUT2D eigenvalue weighted by Crippen LogP contribution is 2.34. The van der Waals surface area contributed by atoms with E-state index >= 15 is 0 Å². The van der Waals surface area contributed by atoms with Gasteiger partial charge in [0, 0.05) is 68.8 Å². The molecule has 34 heteroatoms. The van der Waals surface area contributed by atoms with E-state index in [1.54, 1.807) is 47.2 Å².